The third-order valence-corrected chi connectivity index (χ3v) is 6.70. The molecule has 1 saturated heterocycles. The summed E-state index contributed by atoms with van der Waals surface area (Å²) in [4.78, 5) is 17.3. The SMILES string of the molecule is CC(C)c1cc(Br)ccc1OCC(=O)N1CCN(C(c2ccccc2)c2ccccc2)CC1. The lowest BCUT2D eigenvalue weighted by Crippen LogP contribution is -2.51. The molecule has 0 aromatic heterocycles. The summed E-state index contributed by atoms with van der Waals surface area (Å²) in [5.74, 6) is 1.15. The van der Waals surface area contributed by atoms with E-state index in [9.17, 15) is 4.79 Å². The van der Waals surface area contributed by atoms with Crippen LogP contribution in [0.15, 0.2) is 83.3 Å². The third kappa shape index (κ3) is 5.84. The molecule has 0 spiro atoms. The monoisotopic (exact) mass is 506 g/mol. The van der Waals surface area contributed by atoms with Gasteiger partial charge in [0.1, 0.15) is 5.75 Å². The Balaban J connectivity index is 1.39. The quantitative estimate of drug-likeness (QED) is 0.400. The van der Waals surface area contributed by atoms with Crippen LogP contribution in [0, 0.1) is 0 Å². The van der Waals surface area contributed by atoms with Crippen LogP contribution in [0.4, 0.5) is 0 Å². The third-order valence-electron chi connectivity index (χ3n) is 6.21. The smallest absolute Gasteiger partial charge is 0.260 e. The van der Waals surface area contributed by atoms with Gasteiger partial charge < -0.3 is 9.64 Å². The minimum absolute atomic E-state index is 0.0447. The molecule has 172 valence electrons. The zero-order valence-corrected chi connectivity index (χ0v) is 20.9. The van der Waals surface area contributed by atoms with Crippen LogP contribution in [-0.4, -0.2) is 48.5 Å². The highest BCUT2D eigenvalue weighted by Crippen LogP contribution is 2.31. The molecular formula is C28H31BrN2O2. The first-order chi connectivity index (χ1) is 16.0. The van der Waals surface area contributed by atoms with E-state index in [-0.39, 0.29) is 18.6 Å². The molecule has 1 aliphatic heterocycles. The number of amides is 1. The van der Waals surface area contributed by atoms with E-state index >= 15 is 0 Å². The zero-order valence-electron chi connectivity index (χ0n) is 19.3. The first-order valence-electron chi connectivity index (χ1n) is 11.6. The number of nitrogens with zero attached hydrogens (tertiary/aromatic N) is 2. The lowest BCUT2D eigenvalue weighted by molar-refractivity contribution is -0.135. The maximum Gasteiger partial charge on any atom is 0.260 e. The number of hydrogen-bond donors (Lipinski definition) is 0. The van der Waals surface area contributed by atoms with Gasteiger partial charge in [0.2, 0.25) is 0 Å². The first kappa shape index (κ1) is 23.5. The van der Waals surface area contributed by atoms with E-state index in [4.69, 9.17) is 4.74 Å². The molecule has 0 atom stereocenters. The van der Waals surface area contributed by atoms with Crippen LogP contribution in [0.25, 0.3) is 0 Å². The predicted molar refractivity (Wildman–Crippen MR) is 137 cm³/mol. The molecule has 0 unspecified atom stereocenters. The Morgan fingerprint density at radius 2 is 1.45 bits per heavy atom. The van der Waals surface area contributed by atoms with Crippen molar-refractivity contribution in [3.8, 4) is 5.75 Å². The summed E-state index contributed by atoms with van der Waals surface area (Å²) in [6, 6.07) is 27.4. The maximum absolute atomic E-state index is 12.9. The summed E-state index contributed by atoms with van der Waals surface area (Å²) in [5, 5.41) is 0. The fourth-order valence-corrected chi connectivity index (χ4v) is 4.83. The van der Waals surface area contributed by atoms with Gasteiger partial charge in [0.05, 0.1) is 6.04 Å². The van der Waals surface area contributed by atoms with Crippen molar-refractivity contribution >= 4 is 21.8 Å². The Kier molecular flexibility index (Phi) is 7.84. The molecule has 3 aromatic rings. The largest absolute Gasteiger partial charge is 0.483 e. The van der Waals surface area contributed by atoms with E-state index in [1.165, 1.54) is 11.1 Å². The molecule has 0 saturated carbocycles. The second-order valence-electron chi connectivity index (χ2n) is 8.77. The van der Waals surface area contributed by atoms with Gasteiger partial charge in [-0.1, -0.05) is 90.4 Å². The van der Waals surface area contributed by atoms with Gasteiger partial charge in [0.15, 0.2) is 6.61 Å². The van der Waals surface area contributed by atoms with Gasteiger partial charge in [0, 0.05) is 30.7 Å². The van der Waals surface area contributed by atoms with Crippen molar-refractivity contribution in [1.82, 2.24) is 9.80 Å². The average Bonchev–Trinajstić information content (AvgIpc) is 2.85. The second-order valence-corrected chi connectivity index (χ2v) is 9.68. The molecule has 5 heteroatoms. The molecule has 3 aromatic carbocycles. The Labute approximate surface area is 205 Å². The van der Waals surface area contributed by atoms with Crippen molar-refractivity contribution in [3.63, 3.8) is 0 Å². The topological polar surface area (TPSA) is 32.8 Å². The highest BCUT2D eigenvalue weighted by molar-refractivity contribution is 9.10. The Hall–Kier alpha value is -2.63. The number of ether oxygens (including phenoxy) is 1. The van der Waals surface area contributed by atoms with Gasteiger partial charge in [-0.25, -0.2) is 0 Å². The molecule has 0 N–H and O–H groups in total. The molecule has 1 amide bonds. The van der Waals surface area contributed by atoms with Crippen LogP contribution >= 0.6 is 15.9 Å². The van der Waals surface area contributed by atoms with Crippen molar-refractivity contribution in [3.05, 3.63) is 100 Å². The lowest BCUT2D eigenvalue weighted by atomic mass is 9.96. The maximum atomic E-state index is 12.9. The van der Waals surface area contributed by atoms with Crippen molar-refractivity contribution in [2.45, 2.75) is 25.8 Å². The molecular weight excluding hydrogens is 476 g/mol. The molecule has 1 fully saturated rings. The predicted octanol–water partition coefficient (Wildman–Crippen LogP) is 5.89. The van der Waals surface area contributed by atoms with E-state index in [1.54, 1.807) is 0 Å². The van der Waals surface area contributed by atoms with Crippen LogP contribution in [0.5, 0.6) is 5.75 Å². The van der Waals surface area contributed by atoms with Crippen molar-refractivity contribution in [2.75, 3.05) is 32.8 Å². The first-order valence-corrected chi connectivity index (χ1v) is 12.4. The van der Waals surface area contributed by atoms with E-state index in [0.29, 0.717) is 19.0 Å². The number of carbonyl (C=O) groups is 1. The van der Waals surface area contributed by atoms with Crippen LogP contribution in [-0.2, 0) is 4.79 Å². The van der Waals surface area contributed by atoms with E-state index in [2.05, 4.69) is 101 Å². The summed E-state index contributed by atoms with van der Waals surface area (Å²) in [7, 11) is 0. The minimum Gasteiger partial charge on any atom is -0.483 e. The highest BCUT2D eigenvalue weighted by Gasteiger charge is 2.28. The second kappa shape index (κ2) is 11.0. The fraction of sp³-hybridized carbons (Fsp3) is 0.321. The van der Waals surface area contributed by atoms with Gasteiger partial charge >= 0.3 is 0 Å². The number of rotatable bonds is 7. The van der Waals surface area contributed by atoms with Crippen LogP contribution in [0.3, 0.4) is 0 Å². The zero-order chi connectivity index (χ0) is 23.2. The van der Waals surface area contributed by atoms with Crippen LogP contribution in [0.2, 0.25) is 0 Å². The summed E-state index contributed by atoms with van der Waals surface area (Å²) in [6.45, 7) is 7.40. The molecule has 0 radical (unpaired) electrons. The molecule has 0 aliphatic carbocycles. The fourth-order valence-electron chi connectivity index (χ4n) is 4.45. The average molecular weight is 507 g/mol. The standard InChI is InChI=1S/C28H31BrN2O2/c1-21(2)25-19-24(29)13-14-26(25)33-20-27(32)30-15-17-31(18-16-30)28(22-9-5-3-6-10-22)23-11-7-4-8-12-23/h3-14,19,21,28H,15-18,20H2,1-2H3. The summed E-state index contributed by atoms with van der Waals surface area (Å²) >= 11 is 3.52. The van der Waals surface area contributed by atoms with E-state index in [0.717, 1.165) is 28.9 Å². The Morgan fingerprint density at radius 1 is 0.879 bits per heavy atom. The van der Waals surface area contributed by atoms with Gasteiger partial charge in [-0.3, -0.25) is 9.69 Å². The van der Waals surface area contributed by atoms with Crippen LogP contribution < -0.4 is 4.74 Å². The molecule has 0 bridgehead atoms. The van der Waals surface area contributed by atoms with Gasteiger partial charge in [-0.2, -0.15) is 0 Å². The summed E-state index contributed by atoms with van der Waals surface area (Å²) < 4.78 is 6.98. The summed E-state index contributed by atoms with van der Waals surface area (Å²) in [6.07, 6.45) is 0. The van der Waals surface area contributed by atoms with Crippen molar-refractivity contribution < 1.29 is 9.53 Å². The van der Waals surface area contributed by atoms with Crippen LogP contribution in [0.1, 0.15) is 42.5 Å². The van der Waals surface area contributed by atoms with Crippen molar-refractivity contribution in [1.29, 1.82) is 0 Å². The highest BCUT2D eigenvalue weighted by atomic mass is 79.9. The molecule has 4 rings (SSSR count). The Bertz CT molecular complexity index is 1010. The number of carbonyl (C=O) groups excluding carboxylic acids is 1. The lowest BCUT2D eigenvalue weighted by Gasteiger charge is -2.39. The normalized spacial score (nSPS) is 14.6. The molecule has 4 nitrogen and oxygen atoms in total. The number of halogens is 1. The number of hydrogen-bond acceptors (Lipinski definition) is 3. The molecule has 1 heterocycles. The van der Waals surface area contributed by atoms with Gasteiger partial charge in [-0.05, 0) is 40.8 Å². The molecule has 33 heavy (non-hydrogen) atoms. The minimum atomic E-state index is 0.0447. The van der Waals surface area contributed by atoms with E-state index < -0.39 is 0 Å². The summed E-state index contributed by atoms with van der Waals surface area (Å²) in [5.41, 5.74) is 3.67. The van der Waals surface area contributed by atoms with Gasteiger partial charge in [-0.15, -0.1) is 0 Å². The number of piperazine rings is 1. The number of benzene rings is 3. The Morgan fingerprint density at radius 3 is 2.00 bits per heavy atom. The van der Waals surface area contributed by atoms with Gasteiger partial charge in [0.25, 0.3) is 5.91 Å². The van der Waals surface area contributed by atoms with E-state index in [1.807, 2.05) is 17.0 Å². The molecule has 1 aliphatic rings. The van der Waals surface area contributed by atoms with Crippen molar-refractivity contribution in [2.24, 2.45) is 0 Å².